The van der Waals surface area contributed by atoms with Crippen molar-refractivity contribution in [2.45, 2.75) is 45.6 Å². The van der Waals surface area contributed by atoms with Crippen molar-refractivity contribution in [3.05, 3.63) is 59.7 Å². The van der Waals surface area contributed by atoms with Gasteiger partial charge >= 0.3 is 6.03 Å². The van der Waals surface area contributed by atoms with Gasteiger partial charge in [-0.15, -0.1) is 0 Å². The maximum absolute atomic E-state index is 13.1. The first-order chi connectivity index (χ1) is 12.7. The molecule has 2 amide bonds. The molecule has 26 heavy (non-hydrogen) atoms. The van der Waals surface area contributed by atoms with Crippen LogP contribution < -0.4 is 10.1 Å². The number of anilines is 1. The summed E-state index contributed by atoms with van der Waals surface area (Å²) in [6.07, 6.45) is 4.37. The van der Waals surface area contributed by atoms with E-state index in [-0.39, 0.29) is 12.1 Å². The summed E-state index contributed by atoms with van der Waals surface area (Å²) in [6, 6.07) is 16.2. The summed E-state index contributed by atoms with van der Waals surface area (Å²) in [5, 5.41) is 3.07. The van der Waals surface area contributed by atoms with Crippen molar-refractivity contribution in [1.29, 1.82) is 0 Å². The highest BCUT2D eigenvalue weighted by Crippen LogP contribution is 2.32. The van der Waals surface area contributed by atoms with Gasteiger partial charge in [0.1, 0.15) is 5.75 Å². The van der Waals surface area contributed by atoms with Crippen LogP contribution >= 0.6 is 0 Å². The molecule has 0 radical (unpaired) electrons. The molecule has 0 unspecified atom stereocenters. The van der Waals surface area contributed by atoms with Crippen LogP contribution in [0.5, 0.6) is 5.75 Å². The molecule has 1 atom stereocenters. The van der Waals surface area contributed by atoms with Gasteiger partial charge in [-0.25, -0.2) is 4.79 Å². The van der Waals surface area contributed by atoms with Crippen LogP contribution in [-0.2, 0) is 0 Å². The predicted molar refractivity (Wildman–Crippen MR) is 106 cm³/mol. The summed E-state index contributed by atoms with van der Waals surface area (Å²) in [7, 11) is 0. The van der Waals surface area contributed by atoms with Crippen molar-refractivity contribution >= 4 is 11.7 Å². The first-order valence-corrected chi connectivity index (χ1v) is 9.55. The van der Waals surface area contributed by atoms with E-state index >= 15 is 0 Å². The van der Waals surface area contributed by atoms with E-state index in [0.29, 0.717) is 12.4 Å². The molecular formula is C22H28N2O2. The molecule has 0 bridgehead atoms. The number of carbonyl (C=O) groups is 1. The topological polar surface area (TPSA) is 41.6 Å². The molecule has 138 valence electrons. The van der Waals surface area contributed by atoms with Crippen LogP contribution in [0.1, 0.15) is 49.8 Å². The summed E-state index contributed by atoms with van der Waals surface area (Å²) < 4.78 is 5.64. The van der Waals surface area contributed by atoms with Crippen LogP contribution in [0.2, 0.25) is 0 Å². The molecule has 1 heterocycles. The molecule has 1 aliphatic rings. The third-order valence-electron chi connectivity index (χ3n) is 4.90. The first kappa shape index (κ1) is 18.3. The molecule has 4 heteroatoms. The Bertz CT molecular complexity index is 727. The molecule has 0 saturated carbocycles. The van der Waals surface area contributed by atoms with Crippen LogP contribution in [0.4, 0.5) is 10.5 Å². The third kappa shape index (κ3) is 4.37. The van der Waals surface area contributed by atoms with Gasteiger partial charge in [-0.1, -0.05) is 54.8 Å². The molecule has 4 nitrogen and oxygen atoms in total. The Hall–Kier alpha value is -2.49. The van der Waals surface area contributed by atoms with E-state index in [9.17, 15) is 4.79 Å². The van der Waals surface area contributed by atoms with Crippen molar-refractivity contribution in [2.75, 3.05) is 18.5 Å². The summed E-state index contributed by atoms with van der Waals surface area (Å²) in [4.78, 5) is 15.1. The number of rotatable bonds is 4. The third-order valence-corrected chi connectivity index (χ3v) is 4.90. The number of aryl methyl sites for hydroxylation is 1. The number of carbonyl (C=O) groups excluding carboxylic acids is 1. The van der Waals surface area contributed by atoms with E-state index in [4.69, 9.17) is 4.74 Å². The number of hydrogen-bond donors (Lipinski definition) is 1. The lowest BCUT2D eigenvalue weighted by atomic mass is 10.00. The van der Waals surface area contributed by atoms with Gasteiger partial charge in [-0.3, -0.25) is 0 Å². The summed E-state index contributed by atoms with van der Waals surface area (Å²) in [6.45, 7) is 5.39. The van der Waals surface area contributed by atoms with Crippen LogP contribution in [0.15, 0.2) is 48.5 Å². The quantitative estimate of drug-likeness (QED) is 0.784. The van der Waals surface area contributed by atoms with Crippen molar-refractivity contribution < 1.29 is 9.53 Å². The van der Waals surface area contributed by atoms with E-state index in [1.807, 2.05) is 36.1 Å². The van der Waals surface area contributed by atoms with Gasteiger partial charge in [0.05, 0.1) is 18.3 Å². The zero-order valence-electron chi connectivity index (χ0n) is 15.7. The number of likely N-dealkylation sites (tertiary alicyclic amines) is 1. The second kappa shape index (κ2) is 8.75. The number of urea groups is 1. The number of benzene rings is 2. The highest BCUT2D eigenvalue weighted by Gasteiger charge is 2.27. The van der Waals surface area contributed by atoms with Crippen LogP contribution in [0.3, 0.4) is 0 Å². The van der Waals surface area contributed by atoms with Crippen LogP contribution in [0.25, 0.3) is 0 Å². The highest BCUT2D eigenvalue weighted by molar-refractivity contribution is 5.91. The Labute approximate surface area is 156 Å². The van der Waals surface area contributed by atoms with Crippen molar-refractivity contribution in [1.82, 2.24) is 4.90 Å². The molecule has 1 aliphatic heterocycles. The molecule has 2 aromatic rings. The van der Waals surface area contributed by atoms with Gasteiger partial charge in [0.15, 0.2) is 0 Å². The fourth-order valence-electron chi connectivity index (χ4n) is 3.52. The minimum absolute atomic E-state index is 0.0513. The van der Waals surface area contributed by atoms with Gasteiger partial charge in [-0.05, 0) is 44.4 Å². The molecule has 0 aliphatic carbocycles. The van der Waals surface area contributed by atoms with E-state index in [2.05, 4.69) is 36.5 Å². The lowest BCUT2D eigenvalue weighted by Crippen LogP contribution is -2.38. The van der Waals surface area contributed by atoms with Crippen LogP contribution in [-0.4, -0.2) is 24.1 Å². The second-order valence-electron chi connectivity index (χ2n) is 6.83. The van der Waals surface area contributed by atoms with Crippen molar-refractivity contribution in [2.24, 2.45) is 0 Å². The summed E-state index contributed by atoms with van der Waals surface area (Å²) in [5.74, 6) is 0.713. The largest absolute Gasteiger partial charge is 0.492 e. The Balaban J connectivity index is 1.81. The Morgan fingerprint density at radius 3 is 2.65 bits per heavy atom. The zero-order chi connectivity index (χ0) is 18.4. The summed E-state index contributed by atoms with van der Waals surface area (Å²) in [5.41, 5.74) is 3.18. The summed E-state index contributed by atoms with van der Waals surface area (Å²) >= 11 is 0. The molecule has 2 aromatic carbocycles. The number of amides is 2. The number of nitrogens with zero attached hydrogens (tertiary/aromatic N) is 1. The molecule has 3 rings (SSSR count). The maximum atomic E-state index is 13.1. The minimum Gasteiger partial charge on any atom is -0.492 e. The fourth-order valence-corrected chi connectivity index (χ4v) is 3.52. The van der Waals surface area contributed by atoms with Crippen molar-refractivity contribution in [3.8, 4) is 5.75 Å². The highest BCUT2D eigenvalue weighted by atomic mass is 16.5. The Morgan fingerprint density at radius 1 is 1.12 bits per heavy atom. The minimum atomic E-state index is -0.0513. The molecule has 0 aromatic heterocycles. The lowest BCUT2D eigenvalue weighted by Gasteiger charge is -2.31. The molecule has 1 fully saturated rings. The molecule has 1 N–H and O–H groups in total. The van der Waals surface area contributed by atoms with Gasteiger partial charge < -0.3 is 15.0 Å². The average Bonchev–Trinajstić information content (AvgIpc) is 2.90. The normalized spacial score (nSPS) is 17.5. The molecule has 0 spiro atoms. The SMILES string of the molecule is CCOc1ccccc1NC(=O)N1CCCCC[C@H]1c1ccc(C)cc1. The van der Waals surface area contributed by atoms with Crippen molar-refractivity contribution in [3.63, 3.8) is 0 Å². The first-order valence-electron chi connectivity index (χ1n) is 9.55. The number of hydrogen-bond acceptors (Lipinski definition) is 2. The van der Waals surface area contributed by atoms with E-state index in [0.717, 1.165) is 31.5 Å². The lowest BCUT2D eigenvalue weighted by molar-refractivity contribution is 0.189. The smallest absolute Gasteiger partial charge is 0.322 e. The number of para-hydroxylation sites is 2. The fraction of sp³-hybridized carbons (Fsp3) is 0.409. The van der Waals surface area contributed by atoms with Gasteiger partial charge in [-0.2, -0.15) is 0 Å². The number of ether oxygens (including phenoxy) is 1. The second-order valence-corrected chi connectivity index (χ2v) is 6.83. The van der Waals surface area contributed by atoms with Crippen LogP contribution in [0, 0.1) is 6.92 Å². The van der Waals surface area contributed by atoms with E-state index in [1.54, 1.807) is 0 Å². The van der Waals surface area contributed by atoms with Gasteiger partial charge in [0.25, 0.3) is 0 Å². The Morgan fingerprint density at radius 2 is 1.88 bits per heavy atom. The zero-order valence-corrected chi connectivity index (χ0v) is 15.7. The average molecular weight is 352 g/mol. The predicted octanol–water partition coefficient (Wildman–Crippen LogP) is 5.54. The molecular weight excluding hydrogens is 324 g/mol. The monoisotopic (exact) mass is 352 g/mol. The van der Waals surface area contributed by atoms with Gasteiger partial charge in [0, 0.05) is 6.54 Å². The van der Waals surface area contributed by atoms with E-state index < -0.39 is 0 Å². The standard InChI is InChI=1S/C22H28N2O2/c1-3-26-21-11-7-6-9-19(21)23-22(25)24-16-8-4-5-10-20(24)18-14-12-17(2)13-15-18/h6-7,9,11-15,20H,3-5,8,10,16H2,1-2H3,(H,23,25)/t20-/m0/s1. The Kier molecular flexibility index (Phi) is 6.16. The molecule has 1 saturated heterocycles. The maximum Gasteiger partial charge on any atom is 0.322 e. The van der Waals surface area contributed by atoms with E-state index in [1.165, 1.54) is 17.5 Å². The van der Waals surface area contributed by atoms with Gasteiger partial charge in [0.2, 0.25) is 0 Å². The number of nitrogens with one attached hydrogen (secondary N) is 1.